The molecule has 1 aliphatic rings. The summed E-state index contributed by atoms with van der Waals surface area (Å²) in [4.78, 5) is 3.61. The van der Waals surface area contributed by atoms with Crippen molar-refractivity contribution < 1.29 is 13.2 Å². The summed E-state index contributed by atoms with van der Waals surface area (Å²) in [6.07, 6.45) is -1.16. The monoisotopic (exact) mass is 282 g/mol. The van der Waals surface area contributed by atoms with Crippen molar-refractivity contribution in [2.24, 2.45) is 4.99 Å². The van der Waals surface area contributed by atoms with Gasteiger partial charge in [-0.3, -0.25) is 4.99 Å². The maximum Gasteiger partial charge on any atom is 0.418 e. The van der Waals surface area contributed by atoms with Gasteiger partial charge in [0, 0.05) is 5.56 Å². The molecule has 0 saturated carbocycles. The molecule has 1 saturated heterocycles. The van der Waals surface area contributed by atoms with Crippen LogP contribution in [0.3, 0.4) is 0 Å². The van der Waals surface area contributed by atoms with Crippen LogP contribution in [0.5, 0.6) is 0 Å². The number of halogens is 3. The van der Waals surface area contributed by atoms with E-state index in [0.717, 1.165) is 37.6 Å². The van der Waals surface area contributed by atoms with Gasteiger partial charge >= 0.3 is 6.18 Å². The van der Waals surface area contributed by atoms with Crippen LogP contribution in [0, 0.1) is 0 Å². The van der Waals surface area contributed by atoms with E-state index in [2.05, 4.69) is 23.6 Å². The number of rotatable bonds is 3. The van der Waals surface area contributed by atoms with Gasteiger partial charge in [0.15, 0.2) is 0 Å². The molecule has 2 rings (SSSR count). The Morgan fingerprint density at radius 1 is 1.25 bits per heavy atom. The van der Waals surface area contributed by atoms with E-state index in [0.29, 0.717) is 5.56 Å². The summed E-state index contributed by atoms with van der Waals surface area (Å²) in [5.74, 6) is 0.243. The highest BCUT2D eigenvalue weighted by molar-refractivity contribution is 5.72. The van der Waals surface area contributed by atoms with Gasteiger partial charge in [0.1, 0.15) is 0 Å². The van der Waals surface area contributed by atoms with E-state index in [1.807, 2.05) is 0 Å². The first-order valence-corrected chi connectivity index (χ1v) is 6.53. The van der Waals surface area contributed by atoms with E-state index in [4.69, 9.17) is 0 Å². The molecule has 0 radical (unpaired) electrons. The van der Waals surface area contributed by atoms with Gasteiger partial charge in [-0.25, -0.2) is 0 Å². The molecular weight excluding hydrogens is 265 g/mol. The molecule has 108 valence electrons. The predicted octanol–water partition coefficient (Wildman–Crippen LogP) is 4.15. The molecule has 20 heavy (non-hydrogen) atoms. The Labute approximate surface area is 116 Å². The van der Waals surface area contributed by atoms with Crippen molar-refractivity contribution in [3.8, 4) is 0 Å². The van der Waals surface area contributed by atoms with E-state index in [9.17, 15) is 13.2 Å². The Morgan fingerprint density at radius 2 is 1.90 bits per heavy atom. The fourth-order valence-electron chi connectivity index (χ4n) is 2.73. The second-order valence-electron chi connectivity index (χ2n) is 4.85. The summed E-state index contributed by atoms with van der Waals surface area (Å²) < 4.78 is 39.0. The zero-order valence-electron chi connectivity index (χ0n) is 11.1. The molecule has 1 aromatic rings. The van der Waals surface area contributed by atoms with Crippen LogP contribution in [0.25, 0.3) is 6.08 Å². The second-order valence-corrected chi connectivity index (χ2v) is 4.85. The van der Waals surface area contributed by atoms with Gasteiger partial charge in [-0.1, -0.05) is 18.7 Å². The van der Waals surface area contributed by atoms with Gasteiger partial charge in [0.2, 0.25) is 0 Å². The fraction of sp³-hybridized carbons (Fsp3) is 0.400. The average Bonchev–Trinajstić information content (AvgIpc) is 2.45. The normalized spacial score (nSPS) is 16.9. The summed E-state index contributed by atoms with van der Waals surface area (Å²) in [6.45, 7) is 8.69. The van der Waals surface area contributed by atoms with Crippen LogP contribution in [0.15, 0.2) is 23.7 Å². The lowest BCUT2D eigenvalue weighted by molar-refractivity contribution is -0.137. The third kappa shape index (κ3) is 2.77. The molecule has 0 atom stereocenters. The van der Waals surface area contributed by atoms with Crippen molar-refractivity contribution in [2.45, 2.75) is 24.9 Å². The highest BCUT2D eigenvalue weighted by Gasteiger charge is 2.35. The lowest BCUT2D eigenvalue weighted by Gasteiger charge is -2.26. The molecule has 1 aliphatic heterocycles. The highest BCUT2D eigenvalue weighted by Crippen LogP contribution is 2.42. The first-order chi connectivity index (χ1) is 9.49. The Morgan fingerprint density at radius 3 is 2.40 bits per heavy atom. The molecule has 0 amide bonds. The third-order valence-electron chi connectivity index (χ3n) is 3.70. The van der Waals surface area contributed by atoms with Gasteiger partial charge in [-0.2, -0.15) is 13.2 Å². The highest BCUT2D eigenvalue weighted by atomic mass is 19.4. The summed E-state index contributed by atoms with van der Waals surface area (Å²) in [6, 6.07) is 2.67. The molecule has 1 N–H and O–H groups in total. The maximum absolute atomic E-state index is 13.0. The molecule has 0 bridgehead atoms. The third-order valence-corrected chi connectivity index (χ3v) is 3.70. The van der Waals surface area contributed by atoms with Gasteiger partial charge in [-0.15, -0.1) is 0 Å². The van der Waals surface area contributed by atoms with Gasteiger partial charge < -0.3 is 5.32 Å². The number of hydrogen-bond acceptors (Lipinski definition) is 2. The van der Waals surface area contributed by atoms with E-state index >= 15 is 0 Å². The molecule has 1 fully saturated rings. The number of hydrogen-bond donors (Lipinski definition) is 1. The fourth-order valence-corrected chi connectivity index (χ4v) is 2.73. The van der Waals surface area contributed by atoms with Crippen LogP contribution in [0.4, 0.5) is 18.9 Å². The topological polar surface area (TPSA) is 24.4 Å². The maximum atomic E-state index is 13.0. The van der Waals surface area contributed by atoms with Crippen LogP contribution >= 0.6 is 0 Å². The van der Waals surface area contributed by atoms with Crippen molar-refractivity contribution >= 4 is 18.5 Å². The van der Waals surface area contributed by atoms with Crippen molar-refractivity contribution in [3.05, 3.63) is 35.4 Å². The Bertz CT molecular complexity index is 515. The number of piperidine rings is 1. The first kappa shape index (κ1) is 14.8. The molecule has 2 nitrogen and oxygen atoms in total. The minimum Gasteiger partial charge on any atom is -0.317 e. The van der Waals surface area contributed by atoms with Crippen LogP contribution in [-0.4, -0.2) is 19.8 Å². The molecule has 5 heteroatoms. The van der Waals surface area contributed by atoms with Gasteiger partial charge in [0.25, 0.3) is 0 Å². The number of nitrogens with one attached hydrogen (secondary N) is 1. The zero-order valence-corrected chi connectivity index (χ0v) is 11.1. The van der Waals surface area contributed by atoms with Crippen LogP contribution in [0.1, 0.15) is 35.4 Å². The summed E-state index contributed by atoms with van der Waals surface area (Å²) >= 11 is 0. The standard InChI is InChI=1S/C15H17F3N2/c1-3-11-12(10-6-8-20-9-7-10)4-5-13(14(11)19-2)15(16,17)18/h3-5,10,20H,1-2,6-9H2. The van der Waals surface area contributed by atoms with Gasteiger partial charge in [-0.05, 0) is 50.2 Å². The molecule has 0 aromatic heterocycles. The largest absolute Gasteiger partial charge is 0.418 e. The number of aliphatic imine (C=N–C) groups is 1. The molecular formula is C15H17F3N2. The van der Waals surface area contributed by atoms with Crippen molar-refractivity contribution in [1.82, 2.24) is 5.32 Å². The van der Waals surface area contributed by atoms with E-state index in [1.165, 1.54) is 6.08 Å². The van der Waals surface area contributed by atoms with Gasteiger partial charge in [0.05, 0.1) is 11.3 Å². The minimum atomic E-state index is -4.43. The quantitative estimate of drug-likeness (QED) is 0.828. The predicted molar refractivity (Wildman–Crippen MR) is 75.6 cm³/mol. The molecule has 0 spiro atoms. The molecule has 0 aliphatic carbocycles. The lowest BCUT2D eigenvalue weighted by atomic mass is 9.85. The average molecular weight is 282 g/mol. The Kier molecular flexibility index (Phi) is 4.28. The van der Waals surface area contributed by atoms with Crippen LogP contribution < -0.4 is 5.32 Å². The number of nitrogens with zero attached hydrogens (tertiary/aromatic N) is 1. The van der Waals surface area contributed by atoms with Crippen molar-refractivity contribution in [3.63, 3.8) is 0 Å². The number of benzene rings is 1. The minimum absolute atomic E-state index is 0.108. The van der Waals surface area contributed by atoms with Crippen molar-refractivity contribution in [2.75, 3.05) is 13.1 Å². The Balaban J connectivity index is 2.54. The summed E-state index contributed by atoms with van der Waals surface area (Å²) in [5, 5.41) is 3.24. The van der Waals surface area contributed by atoms with E-state index in [-0.39, 0.29) is 11.6 Å². The zero-order chi connectivity index (χ0) is 14.8. The smallest absolute Gasteiger partial charge is 0.317 e. The lowest BCUT2D eigenvalue weighted by Crippen LogP contribution is -2.27. The van der Waals surface area contributed by atoms with E-state index < -0.39 is 11.7 Å². The van der Waals surface area contributed by atoms with Crippen LogP contribution in [0.2, 0.25) is 0 Å². The first-order valence-electron chi connectivity index (χ1n) is 6.53. The van der Waals surface area contributed by atoms with Crippen molar-refractivity contribution in [1.29, 1.82) is 0 Å². The summed E-state index contributed by atoms with van der Waals surface area (Å²) in [7, 11) is 0. The van der Waals surface area contributed by atoms with E-state index in [1.54, 1.807) is 6.07 Å². The van der Waals surface area contributed by atoms with Crippen LogP contribution in [-0.2, 0) is 6.18 Å². The molecule has 1 heterocycles. The molecule has 0 unspecified atom stereocenters. The summed E-state index contributed by atoms with van der Waals surface area (Å²) in [5.41, 5.74) is 0.488. The Hall–Kier alpha value is -1.62. The molecule has 1 aromatic carbocycles. The second kappa shape index (κ2) is 5.79. The number of alkyl halides is 3. The SMILES string of the molecule is C=Cc1c(C2CCNCC2)ccc(C(F)(F)F)c1N=C.